The summed E-state index contributed by atoms with van der Waals surface area (Å²) in [6.07, 6.45) is 10.3. The number of quaternary nitrogens is 1. The topological polar surface area (TPSA) is 53.9 Å². The molecule has 0 aromatic heterocycles. The average molecular weight is 278 g/mol. The number of carbonyl (C=O) groups excluding carboxylic acids is 1. The number of unbranched alkanes of at least 4 members (excludes halogenated alkanes) is 7. The van der Waals surface area contributed by atoms with Gasteiger partial charge in [-0.1, -0.05) is 50.3 Å². The van der Waals surface area contributed by atoms with Crippen LogP contribution in [0.4, 0.5) is 0 Å². The summed E-state index contributed by atoms with van der Waals surface area (Å²) in [5.41, 5.74) is 3.85. The number of rotatable bonds is 11. The molecule has 0 fully saturated rings. The molecule has 0 saturated carbocycles. The maximum Gasteiger partial charge on any atom is 0.311 e. The van der Waals surface area contributed by atoms with Gasteiger partial charge in [-0.2, -0.15) is 0 Å². The monoisotopic (exact) mass is 278 g/mol. The van der Waals surface area contributed by atoms with Crippen molar-refractivity contribution >= 4 is 5.97 Å². The van der Waals surface area contributed by atoms with Crippen molar-refractivity contribution in [1.29, 1.82) is 0 Å². The van der Waals surface area contributed by atoms with Crippen LogP contribution in [0.1, 0.15) is 57.8 Å². The molecule has 3 N–H and O–H groups in total. The number of hydrogen-bond acceptors (Lipinski definition) is 2. The zero-order chi connectivity index (χ0) is 14.5. The van der Waals surface area contributed by atoms with Crippen LogP contribution in [0.25, 0.3) is 0 Å². The smallest absolute Gasteiger partial charge is 0.311 e. The number of ether oxygens (including phenoxy) is 1. The third-order valence-electron chi connectivity index (χ3n) is 3.36. The number of hydrogen-bond donors (Lipinski definition) is 1. The van der Waals surface area contributed by atoms with Crippen molar-refractivity contribution in [1.82, 2.24) is 0 Å². The molecule has 112 valence electrons. The largest absolute Gasteiger partial charge is 0.427 e. The molecule has 3 nitrogen and oxygen atoms in total. The van der Waals surface area contributed by atoms with Crippen LogP contribution in [0.2, 0.25) is 0 Å². The Balaban J connectivity index is 1.92. The molecule has 1 aromatic carbocycles. The van der Waals surface area contributed by atoms with Crippen molar-refractivity contribution < 1.29 is 15.3 Å². The fraction of sp³-hybridized carbons (Fsp3) is 0.588. The maximum absolute atomic E-state index is 11.6. The number of benzene rings is 1. The van der Waals surface area contributed by atoms with Gasteiger partial charge in [-0.3, -0.25) is 4.79 Å². The van der Waals surface area contributed by atoms with Crippen molar-refractivity contribution in [3.05, 3.63) is 30.3 Å². The lowest BCUT2D eigenvalue weighted by atomic mass is 10.1. The molecule has 0 saturated heterocycles. The van der Waals surface area contributed by atoms with Gasteiger partial charge in [0.1, 0.15) is 5.75 Å². The van der Waals surface area contributed by atoms with Gasteiger partial charge in [0.05, 0.1) is 6.54 Å². The second kappa shape index (κ2) is 11.5. The summed E-state index contributed by atoms with van der Waals surface area (Å²) in [5.74, 6) is 0.523. The molecule has 0 unspecified atom stereocenters. The fourth-order valence-electron chi connectivity index (χ4n) is 2.18. The Hall–Kier alpha value is -1.35. The summed E-state index contributed by atoms with van der Waals surface area (Å²) in [4.78, 5) is 11.6. The van der Waals surface area contributed by atoms with E-state index in [0.29, 0.717) is 12.2 Å². The van der Waals surface area contributed by atoms with E-state index in [4.69, 9.17) is 4.74 Å². The minimum Gasteiger partial charge on any atom is -0.427 e. The Morgan fingerprint density at radius 3 is 2.00 bits per heavy atom. The Kier molecular flexibility index (Phi) is 9.58. The summed E-state index contributed by atoms with van der Waals surface area (Å²) in [7, 11) is 0. The zero-order valence-electron chi connectivity index (χ0n) is 12.5. The first-order valence-corrected chi connectivity index (χ1v) is 7.88. The fourth-order valence-corrected chi connectivity index (χ4v) is 2.18. The Morgan fingerprint density at radius 2 is 1.40 bits per heavy atom. The first-order chi connectivity index (χ1) is 9.83. The molecule has 20 heavy (non-hydrogen) atoms. The minimum absolute atomic E-state index is 0.119. The van der Waals surface area contributed by atoms with Crippen LogP contribution in [-0.4, -0.2) is 12.5 Å². The highest BCUT2D eigenvalue weighted by Crippen LogP contribution is 2.12. The highest BCUT2D eigenvalue weighted by Gasteiger charge is 2.03. The van der Waals surface area contributed by atoms with E-state index in [-0.39, 0.29) is 5.97 Å². The van der Waals surface area contributed by atoms with E-state index in [1.807, 2.05) is 30.3 Å². The van der Waals surface area contributed by atoms with Gasteiger partial charge < -0.3 is 10.5 Å². The van der Waals surface area contributed by atoms with E-state index in [1.54, 1.807) is 0 Å². The summed E-state index contributed by atoms with van der Waals surface area (Å²) >= 11 is 0. The highest BCUT2D eigenvalue weighted by atomic mass is 16.5. The summed E-state index contributed by atoms with van der Waals surface area (Å²) in [6.45, 7) is 1.06. The number of para-hydroxylation sites is 1. The Bertz CT molecular complexity index is 351. The number of carbonyl (C=O) groups is 1. The standard InChI is InChI=1S/C17H27NO2/c18-15-11-6-4-2-1-3-5-10-14-17(19)20-16-12-8-7-9-13-16/h7-9,12-13H,1-6,10-11,14-15,18H2/p+1. The van der Waals surface area contributed by atoms with Gasteiger partial charge in [0, 0.05) is 6.42 Å². The van der Waals surface area contributed by atoms with Crippen LogP contribution in [0.5, 0.6) is 5.75 Å². The molecule has 0 spiro atoms. The van der Waals surface area contributed by atoms with E-state index in [0.717, 1.165) is 19.4 Å². The quantitative estimate of drug-likeness (QED) is 0.383. The van der Waals surface area contributed by atoms with E-state index in [2.05, 4.69) is 5.73 Å². The highest BCUT2D eigenvalue weighted by molar-refractivity contribution is 5.72. The summed E-state index contributed by atoms with van der Waals surface area (Å²) in [5, 5.41) is 0. The van der Waals surface area contributed by atoms with Crippen molar-refractivity contribution in [2.75, 3.05) is 6.54 Å². The Labute approximate surface area is 122 Å². The van der Waals surface area contributed by atoms with Crippen molar-refractivity contribution in [2.24, 2.45) is 0 Å². The molecule has 0 bridgehead atoms. The average Bonchev–Trinajstić information content (AvgIpc) is 2.46. The van der Waals surface area contributed by atoms with E-state index >= 15 is 0 Å². The summed E-state index contributed by atoms with van der Waals surface area (Å²) in [6, 6.07) is 9.27. The SMILES string of the molecule is [NH3+]CCCCCCCCCCC(=O)Oc1ccccc1. The molecule has 0 atom stereocenters. The molecule has 0 aliphatic heterocycles. The Morgan fingerprint density at radius 1 is 0.850 bits per heavy atom. The third kappa shape index (κ3) is 8.70. The number of esters is 1. The molecule has 0 heterocycles. The normalized spacial score (nSPS) is 10.4. The predicted molar refractivity (Wildman–Crippen MR) is 81.4 cm³/mol. The maximum atomic E-state index is 11.6. The van der Waals surface area contributed by atoms with E-state index < -0.39 is 0 Å². The summed E-state index contributed by atoms with van der Waals surface area (Å²) < 4.78 is 5.24. The van der Waals surface area contributed by atoms with Crippen molar-refractivity contribution in [3.63, 3.8) is 0 Å². The van der Waals surface area contributed by atoms with Crippen LogP contribution in [-0.2, 0) is 4.79 Å². The lowest BCUT2D eigenvalue weighted by molar-refractivity contribution is -0.368. The third-order valence-corrected chi connectivity index (χ3v) is 3.36. The minimum atomic E-state index is -0.119. The second-order valence-electron chi connectivity index (χ2n) is 5.22. The van der Waals surface area contributed by atoms with Crippen LogP contribution >= 0.6 is 0 Å². The zero-order valence-corrected chi connectivity index (χ0v) is 12.5. The van der Waals surface area contributed by atoms with Crippen LogP contribution in [0, 0.1) is 0 Å². The van der Waals surface area contributed by atoms with Gasteiger partial charge in [0.25, 0.3) is 0 Å². The molecular formula is C17H28NO2+. The molecular weight excluding hydrogens is 250 g/mol. The van der Waals surface area contributed by atoms with Gasteiger partial charge in [-0.15, -0.1) is 0 Å². The molecule has 3 heteroatoms. The van der Waals surface area contributed by atoms with Crippen LogP contribution in [0.15, 0.2) is 30.3 Å². The predicted octanol–water partition coefficient (Wildman–Crippen LogP) is 3.34. The van der Waals surface area contributed by atoms with Crippen LogP contribution < -0.4 is 10.5 Å². The first kappa shape index (κ1) is 16.7. The second-order valence-corrected chi connectivity index (χ2v) is 5.22. The lowest BCUT2D eigenvalue weighted by Crippen LogP contribution is -2.50. The molecule has 1 rings (SSSR count). The molecule has 1 aromatic rings. The first-order valence-electron chi connectivity index (χ1n) is 7.88. The molecule has 0 amide bonds. The van der Waals surface area contributed by atoms with Crippen molar-refractivity contribution in [3.8, 4) is 5.75 Å². The lowest BCUT2D eigenvalue weighted by Gasteiger charge is -2.04. The van der Waals surface area contributed by atoms with Gasteiger partial charge in [0.15, 0.2) is 0 Å². The van der Waals surface area contributed by atoms with Gasteiger partial charge >= 0.3 is 5.97 Å². The van der Waals surface area contributed by atoms with Crippen LogP contribution in [0.3, 0.4) is 0 Å². The molecule has 0 radical (unpaired) electrons. The van der Waals surface area contributed by atoms with E-state index in [9.17, 15) is 4.79 Å². The van der Waals surface area contributed by atoms with Gasteiger partial charge in [0.2, 0.25) is 0 Å². The molecule has 0 aliphatic rings. The van der Waals surface area contributed by atoms with Crippen molar-refractivity contribution in [2.45, 2.75) is 57.8 Å². The van der Waals surface area contributed by atoms with Gasteiger partial charge in [-0.25, -0.2) is 0 Å². The van der Waals surface area contributed by atoms with Gasteiger partial charge in [-0.05, 0) is 31.4 Å². The molecule has 0 aliphatic carbocycles. The van der Waals surface area contributed by atoms with E-state index in [1.165, 1.54) is 38.5 Å².